The molecule has 1 aromatic rings. The molecule has 0 amide bonds. The molecule has 2 unspecified atom stereocenters. The zero-order chi connectivity index (χ0) is 26.8. The van der Waals surface area contributed by atoms with E-state index in [0.717, 1.165) is 36.5 Å². The fourth-order valence-corrected chi connectivity index (χ4v) is 6.79. The number of allylic oxidation sites excluding steroid dienone is 3. The number of halogens is 2. The minimum Gasteiger partial charge on any atom is -0.439 e. The second-order valence-corrected chi connectivity index (χ2v) is 10.5. The van der Waals surface area contributed by atoms with Crippen LogP contribution >= 0.6 is 0 Å². The number of rotatable bonds is 7. The van der Waals surface area contributed by atoms with E-state index in [-0.39, 0.29) is 17.9 Å². The van der Waals surface area contributed by atoms with Gasteiger partial charge in [-0.05, 0) is 45.2 Å². The van der Waals surface area contributed by atoms with Crippen LogP contribution in [-0.2, 0) is 4.74 Å². The van der Waals surface area contributed by atoms with E-state index in [1.165, 1.54) is 0 Å². The number of amidine groups is 2. The number of ether oxygens (including phenoxy) is 1. The molecule has 1 spiro atoms. The Morgan fingerprint density at radius 3 is 2.74 bits per heavy atom. The standard InChI is InChI=1S/C28H34F2N6O2/c1-3-33-24(31)15(2)25(32)35-14-8-12-18(35)26-34-17-11-7-13-19(38-27(29)30)20(17)21-22-23(37)28(21,22)36(26)16-9-5-4-6-10-16/h4-6,9-11,18,21-23,27,37H,3,7-8,12-14,32H2,1-2H3,(H2,31,33)/b25-15+/t18-,21?,22?,23-,28-/m0/s1. The molecule has 3 fully saturated rings. The SMILES string of the molecule is CCN=C(N)/C(C)=C(\N)N1CCC[C@H]1C1=NC2=CCCC(OC(F)F)=C2C2C3[C@H](O)[C@]23N1c1ccccc1. The Kier molecular flexibility index (Phi) is 5.97. The topological polar surface area (TPSA) is 113 Å². The highest BCUT2D eigenvalue weighted by Crippen LogP contribution is 2.79. The zero-order valence-corrected chi connectivity index (χ0v) is 21.6. The van der Waals surface area contributed by atoms with Gasteiger partial charge in [-0.25, -0.2) is 4.99 Å². The summed E-state index contributed by atoms with van der Waals surface area (Å²) in [5, 5.41) is 11.1. The van der Waals surface area contributed by atoms with Crippen LogP contribution in [0.15, 0.2) is 74.8 Å². The number of benzene rings is 1. The van der Waals surface area contributed by atoms with Gasteiger partial charge in [-0.1, -0.05) is 24.3 Å². The number of nitrogens with two attached hydrogens (primary N) is 2. The first-order valence-electron chi connectivity index (χ1n) is 13.4. The minimum absolute atomic E-state index is 0.0715. The first-order chi connectivity index (χ1) is 18.3. The van der Waals surface area contributed by atoms with Gasteiger partial charge < -0.3 is 31.1 Å². The Labute approximate surface area is 221 Å². The van der Waals surface area contributed by atoms with E-state index in [4.69, 9.17) is 21.2 Å². The maximum absolute atomic E-state index is 13.4. The third-order valence-electron chi connectivity index (χ3n) is 8.64. The van der Waals surface area contributed by atoms with Crippen molar-refractivity contribution >= 4 is 17.4 Å². The highest BCUT2D eigenvalue weighted by molar-refractivity contribution is 6.07. The average Bonchev–Trinajstić information content (AvgIpc) is 3.66. The van der Waals surface area contributed by atoms with Crippen LogP contribution < -0.4 is 16.4 Å². The Morgan fingerprint density at radius 2 is 2.05 bits per heavy atom. The lowest BCUT2D eigenvalue weighted by molar-refractivity contribution is -0.0999. The number of hydrogen-bond donors (Lipinski definition) is 3. The highest BCUT2D eigenvalue weighted by Gasteiger charge is 2.92. The summed E-state index contributed by atoms with van der Waals surface area (Å²) >= 11 is 0. The van der Waals surface area contributed by atoms with Gasteiger partial charge in [-0.2, -0.15) is 8.78 Å². The molecule has 5 atom stereocenters. The Bertz CT molecular complexity index is 1290. The van der Waals surface area contributed by atoms with Gasteiger partial charge in [0.05, 0.1) is 23.4 Å². The molecule has 0 radical (unpaired) electrons. The number of likely N-dealkylation sites (tertiary alicyclic amines) is 1. The maximum Gasteiger partial charge on any atom is 0.387 e. The first kappa shape index (κ1) is 24.9. The predicted octanol–water partition coefficient (Wildman–Crippen LogP) is 3.47. The molecule has 0 aromatic heterocycles. The van der Waals surface area contributed by atoms with Gasteiger partial charge in [0, 0.05) is 48.2 Å². The Balaban J connectivity index is 1.51. The molecule has 2 saturated carbocycles. The quantitative estimate of drug-likeness (QED) is 0.372. The number of aliphatic hydroxyl groups is 1. The number of aliphatic hydroxyl groups excluding tert-OH is 1. The van der Waals surface area contributed by atoms with E-state index in [0.29, 0.717) is 48.1 Å². The number of alkyl halides is 2. The number of aliphatic imine (C=N–C) groups is 2. The third kappa shape index (κ3) is 3.56. The summed E-state index contributed by atoms with van der Waals surface area (Å²) < 4.78 is 31.8. The predicted molar refractivity (Wildman–Crippen MR) is 142 cm³/mol. The summed E-state index contributed by atoms with van der Waals surface area (Å²) in [6.45, 7) is 2.17. The number of fused-ring (bicyclic) bond motifs is 3. The van der Waals surface area contributed by atoms with E-state index in [2.05, 4.69) is 14.8 Å². The molecular weight excluding hydrogens is 490 g/mol. The largest absolute Gasteiger partial charge is 0.439 e. The van der Waals surface area contributed by atoms with Crippen molar-refractivity contribution in [2.24, 2.45) is 33.3 Å². The molecule has 2 aliphatic heterocycles. The lowest BCUT2D eigenvalue weighted by Crippen LogP contribution is -2.52. The summed E-state index contributed by atoms with van der Waals surface area (Å²) in [5.74, 6) is 1.81. The minimum atomic E-state index is -2.90. The molecule has 38 heavy (non-hydrogen) atoms. The molecular formula is C28H34F2N6O2. The monoisotopic (exact) mass is 524 g/mol. The molecule has 5 N–H and O–H groups in total. The van der Waals surface area contributed by atoms with Gasteiger partial charge in [0.15, 0.2) is 0 Å². The van der Waals surface area contributed by atoms with Crippen LogP contribution in [0.4, 0.5) is 14.5 Å². The smallest absolute Gasteiger partial charge is 0.387 e. The molecule has 5 aliphatic rings. The molecule has 10 heteroatoms. The summed E-state index contributed by atoms with van der Waals surface area (Å²) in [5.41, 5.74) is 15.3. The van der Waals surface area contributed by atoms with Crippen LogP contribution in [0.1, 0.15) is 39.5 Å². The van der Waals surface area contributed by atoms with Crippen LogP contribution in [0.2, 0.25) is 0 Å². The maximum atomic E-state index is 13.4. The van der Waals surface area contributed by atoms with E-state index in [1.54, 1.807) is 0 Å². The van der Waals surface area contributed by atoms with Crippen molar-refractivity contribution in [3.8, 4) is 0 Å². The highest BCUT2D eigenvalue weighted by atomic mass is 19.3. The number of hydrogen-bond acceptors (Lipinski definition) is 7. The molecule has 8 nitrogen and oxygen atoms in total. The summed E-state index contributed by atoms with van der Waals surface area (Å²) in [6, 6.07) is 9.68. The molecule has 3 aliphatic carbocycles. The van der Waals surface area contributed by atoms with Crippen molar-refractivity contribution < 1.29 is 18.6 Å². The lowest BCUT2D eigenvalue weighted by Gasteiger charge is -2.37. The Hall–Kier alpha value is -3.40. The van der Waals surface area contributed by atoms with Crippen molar-refractivity contribution in [1.82, 2.24) is 4.90 Å². The number of nitrogens with zero attached hydrogens (tertiary/aromatic N) is 4. The molecule has 1 saturated heterocycles. The van der Waals surface area contributed by atoms with E-state index in [1.807, 2.05) is 50.3 Å². The molecule has 2 heterocycles. The van der Waals surface area contributed by atoms with E-state index >= 15 is 0 Å². The molecule has 202 valence electrons. The van der Waals surface area contributed by atoms with Gasteiger partial charge >= 0.3 is 6.61 Å². The van der Waals surface area contributed by atoms with Gasteiger partial charge in [-0.15, -0.1) is 0 Å². The van der Waals surface area contributed by atoms with Gasteiger partial charge in [-0.3, -0.25) is 4.99 Å². The first-order valence-corrected chi connectivity index (χ1v) is 13.4. The van der Waals surface area contributed by atoms with E-state index < -0.39 is 18.3 Å². The summed E-state index contributed by atoms with van der Waals surface area (Å²) in [6.07, 6.45) is 4.08. The summed E-state index contributed by atoms with van der Waals surface area (Å²) in [4.78, 5) is 13.8. The normalized spacial score (nSPS) is 32.6. The Morgan fingerprint density at radius 1 is 1.29 bits per heavy atom. The van der Waals surface area contributed by atoms with Crippen LogP contribution in [0.25, 0.3) is 0 Å². The van der Waals surface area contributed by atoms with Gasteiger partial charge in [0.25, 0.3) is 0 Å². The summed E-state index contributed by atoms with van der Waals surface area (Å²) in [7, 11) is 0. The van der Waals surface area contributed by atoms with Gasteiger partial charge in [0.2, 0.25) is 0 Å². The average molecular weight is 525 g/mol. The van der Waals surface area contributed by atoms with Gasteiger partial charge in [0.1, 0.15) is 23.3 Å². The van der Waals surface area contributed by atoms with Crippen molar-refractivity contribution in [2.75, 3.05) is 18.0 Å². The van der Waals surface area contributed by atoms with Crippen LogP contribution in [0.5, 0.6) is 0 Å². The fourth-order valence-electron chi connectivity index (χ4n) is 6.79. The van der Waals surface area contributed by atoms with Crippen molar-refractivity contribution in [1.29, 1.82) is 0 Å². The third-order valence-corrected chi connectivity index (χ3v) is 8.64. The number of para-hydroxylation sites is 1. The second kappa shape index (κ2) is 9.11. The van der Waals surface area contributed by atoms with E-state index in [9.17, 15) is 13.9 Å². The molecule has 1 aromatic carbocycles. The lowest BCUT2D eigenvalue weighted by atomic mass is 9.90. The second-order valence-electron chi connectivity index (χ2n) is 10.5. The molecule has 0 bridgehead atoms. The zero-order valence-electron chi connectivity index (χ0n) is 21.6. The molecule has 6 rings (SSSR count). The van der Waals surface area contributed by atoms with Crippen molar-refractivity contribution in [2.45, 2.75) is 63.8 Å². The number of anilines is 1. The van der Waals surface area contributed by atoms with Crippen molar-refractivity contribution in [3.63, 3.8) is 0 Å². The van der Waals surface area contributed by atoms with Crippen LogP contribution in [0, 0.1) is 11.8 Å². The fraction of sp³-hybridized carbons (Fsp3) is 0.500. The van der Waals surface area contributed by atoms with Crippen LogP contribution in [0.3, 0.4) is 0 Å². The van der Waals surface area contributed by atoms with Crippen molar-refractivity contribution in [3.05, 3.63) is 64.8 Å². The van der Waals surface area contributed by atoms with Crippen LogP contribution in [-0.4, -0.2) is 59.1 Å².